The molecule has 1 aromatic carbocycles. The lowest BCUT2D eigenvalue weighted by Gasteiger charge is -2.15. The van der Waals surface area contributed by atoms with Gasteiger partial charge in [-0.2, -0.15) is 5.10 Å². The van der Waals surface area contributed by atoms with Crippen molar-refractivity contribution in [1.29, 1.82) is 0 Å². The van der Waals surface area contributed by atoms with Gasteiger partial charge < -0.3 is 10.1 Å². The largest absolute Gasteiger partial charge is 0.478 e. The molecule has 7 heteroatoms. The number of nitrogens with one attached hydrogen (secondary N) is 2. The molecule has 0 aliphatic heterocycles. The molecular formula is C18H15F2N3O2. The van der Waals surface area contributed by atoms with Crippen LogP contribution in [0.4, 0.5) is 8.78 Å². The van der Waals surface area contributed by atoms with Crippen LogP contribution in [0.15, 0.2) is 24.3 Å². The van der Waals surface area contributed by atoms with Crippen molar-refractivity contribution in [3.05, 3.63) is 41.1 Å². The van der Waals surface area contributed by atoms with Gasteiger partial charge in [0, 0.05) is 39.9 Å². The van der Waals surface area contributed by atoms with E-state index in [1.807, 2.05) is 6.07 Å². The van der Waals surface area contributed by atoms with E-state index in [-0.39, 0.29) is 5.56 Å². The van der Waals surface area contributed by atoms with Gasteiger partial charge in [0.15, 0.2) is 0 Å². The summed E-state index contributed by atoms with van der Waals surface area (Å²) in [5.74, 6) is -4.25. The average molecular weight is 343 g/mol. The molecule has 5 rings (SSSR count). The first-order valence-corrected chi connectivity index (χ1v) is 8.11. The summed E-state index contributed by atoms with van der Waals surface area (Å²) in [6, 6.07) is 6.70. The molecule has 2 aliphatic rings. The molecule has 2 heterocycles. The van der Waals surface area contributed by atoms with Gasteiger partial charge in [0.25, 0.3) is 5.92 Å². The maximum absolute atomic E-state index is 14.1. The van der Waals surface area contributed by atoms with Gasteiger partial charge in [0.2, 0.25) is 0 Å². The van der Waals surface area contributed by atoms with Crippen molar-refractivity contribution >= 4 is 16.9 Å². The third-order valence-electron chi connectivity index (χ3n) is 5.91. The van der Waals surface area contributed by atoms with Crippen molar-refractivity contribution in [3.8, 4) is 11.4 Å². The molecule has 25 heavy (non-hydrogen) atoms. The normalized spacial score (nSPS) is 26.3. The third-order valence-corrected chi connectivity index (χ3v) is 5.91. The van der Waals surface area contributed by atoms with Crippen molar-refractivity contribution in [2.45, 2.75) is 25.7 Å². The number of aromatic nitrogens is 3. The van der Waals surface area contributed by atoms with E-state index >= 15 is 0 Å². The van der Waals surface area contributed by atoms with Crippen LogP contribution in [0.25, 0.3) is 22.3 Å². The lowest BCUT2D eigenvalue weighted by Crippen LogP contribution is -2.14. The molecule has 1 saturated carbocycles. The standard InChI is InChI=1S/C18H15F2N3O2/c1-17-7-13-10(6-14(17)18(17,19)20)15(23-22-13)12-4-8-2-3-9(16(24)25)5-11(8)21-12/h2-5,14,21H,6-7H2,1H3,(H,22,23)(H,24,25)/t14-,17+/m0/s1. The quantitative estimate of drug-likeness (QED) is 0.665. The average Bonchev–Trinajstić information content (AvgIpc) is 2.98. The molecule has 2 atom stereocenters. The summed E-state index contributed by atoms with van der Waals surface area (Å²) >= 11 is 0. The van der Waals surface area contributed by atoms with Crippen LogP contribution >= 0.6 is 0 Å². The van der Waals surface area contributed by atoms with Crippen LogP contribution in [-0.4, -0.2) is 32.2 Å². The number of carboxylic acids is 1. The summed E-state index contributed by atoms with van der Waals surface area (Å²) in [5.41, 5.74) is 2.89. The molecule has 128 valence electrons. The van der Waals surface area contributed by atoms with Gasteiger partial charge in [-0.25, -0.2) is 13.6 Å². The first-order chi connectivity index (χ1) is 11.8. The Morgan fingerprint density at radius 1 is 1.36 bits per heavy atom. The number of aromatic carboxylic acids is 1. The van der Waals surface area contributed by atoms with Crippen LogP contribution in [0.1, 0.15) is 28.5 Å². The van der Waals surface area contributed by atoms with Crippen molar-refractivity contribution < 1.29 is 18.7 Å². The predicted octanol–water partition coefficient (Wildman–Crippen LogP) is 3.63. The van der Waals surface area contributed by atoms with Gasteiger partial charge in [0.1, 0.15) is 5.69 Å². The Kier molecular flexibility index (Phi) is 2.50. The second-order valence-electron chi connectivity index (χ2n) is 7.29. The molecule has 3 aromatic rings. The molecule has 0 bridgehead atoms. The molecule has 0 spiro atoms. The van der Waals surface area contributed by atoms with Crippen LogP contribution in [0.3, 0.4) is 0 Å². The van der Waals surface area contributed by atoms with Crippen LogP contribution < -0.4 is 0 Å². The van der Waals surface area contributed by atoms with Crippen molar-refractivity contribution in [1.82, 2.24) is 15.2 Å². The monoisotopic (exact) mass is 343 g/mol. The molecule has 0 radical (unpaired) electrons. The number of alkyl halides is 2. The van der Waals surface area contributed by atoms with E-state index in [1.54, 1.807) is 25.1 Å². The Morgan fingerprint density at radius 3 is 2.92 bits per heavy atom. The van der Waals surface area contributed by atoms with Crippen LogP contribution in [0.5, 0.6) is 0 Å². The van der Waals surface area contributed by atoms with E-state index in [9.17, 15) is 13.6 Å². The smallest absolute Gasteiger partial charge is 0.335 e. The zero-order valence-electron chi connectivity index (χ0n) is 13.4. The van der Waals surface area contributed by atoms with Gasteiger partial charge in [-0.3, -0.25) is 5.10 Å². The van der Waals surface area contributed by atoms with E-state index in [0.717, 1.165) is 16.6 Å². The molecule has 1 fully saturated rings. The summed E-state index contributed by atoms with van der Waals surface area (Å²) in [4.78, 5) is 14.3. The van der Waals surface area contributed by atoms with E-state index in [1.165, 1.54) is 0 Å². The Bertz CT molecular complexity index is 1050. The number of nitrogens with zero attached hydrogens (tertiary/aromatic N) is 1. The van der Waals surface area contributed by atoms with Gasteiger partial charge in [-0.1, -0.05) is 13.0 Å². The Hall–Kier alpha value is -2.70. The SMILES string of the molecule is C[C@@]12Cc3[nH]nc(-c4cc5ccc(C(=O)O)cc5[nH]4)c3C[C@@H]1C2(F)F. The summed E-state index contributed by atoms with van der Waals surface area (Å²) in [6.45, 7) is 1.64. The van der Waals surface area contributed by atoms with E-state index in [4.69, 9.17) is 5.11 Å². The maximum Gasteiger partial charge on any atom is 0.335 e. The van der Waals surface area contributed by atoms with Crippen LogP contribution in [0, 0.1) is 11.3 Å². The number of H-pyrrole nitrogens is 2. The first kappa shape index (κ1) is 14.6. The molecular weight excluding hydrogens is 328 g/mol. The number of hydrogen-bond acceptors (Lipinski definition) is 2. The summed E-state index contributed by atoms with van der Waals surface area (Å²) in [5, 5.41) is 17.2. The molecule has 0 unspecified atom stereocenters. The third kappa shape index (κ3) is 1.75. The zero-order valence-corrected chi connectivity index (χ0v) is 13.4. The van der Waals surface area contributed by atoms with Crippen LogP contribution in [-0.2, 0) is 12.8 Å². The van der Waals surface area contributed by atoms with Crippen LogP contribution in [0.2, 0.25) is 0 Å². The number of halogens is 2. The Morgan fingerprint density at radius 2 is 2.16 bits per heavy atom. The van der Waals surface area contributed by atoms with Gasteiger partial charge >= 0.3 is 5.97 Å². The lowest BCUT2D eigenvalue weighted by molar-refractivity contribution is 0.0630. The highest BCUT2D eigenvalue weighted by molar-refractivity contribution is 5.94. The second-order valence-corrected chi connectivity index (χ2v) is 7.29. The Balaban J connectivity index is 1.58. The zero-order chi connectivity index (χ0) is 17.6. The van der Waals surface area contributed by atoms with Crippen molar-refractivity contribution in [2.24, 2.45) is 11.3 Å². The highest BCUT2D eigenvalue weighted by atomic mass is 19.3. The second kappa shape index (κ2) is 4.28. The first-order valence-electron chi connectivity index (χ1n) is 8.11. The molecule has 0 amide bonds. The molecule has 5 nitrogen and oxygen atoms in total. The summed E-state index contributed by atoms with van der Waals surface area (Å²) in [7, 11) is 0. The number of rotatable bonds is 2. The van der Waals surface area contributed by atoms with E-state index in [2.05, 4.69) is 15.2 Å². The predicted molar refractivity (Wildman–Crippen MR) is 86.8 cm³/mol. The minimum absolute atomic E-state index is 0.193. The van der Waals surface area contributed by atoms with E-state index in [0.29, 0.717) is 29.7 Å². The Labute approximate surface area is 141 Å². The van der Waals surface area contributed by atoms with Gasteiger partial charge in [-0.05, 0) is 24.6 Å². The number of aromatic amines is 2. The van der Waals surface area contributed by atoms with E-state index < -0.39 is 23.2 Å². The molecule has 0 saturated heterocycles. The summed E-state index contributed by atoms with van der Waals surface area (Å²) < 4.78 is 28.1. The fourth-order valence-corrected chi connectivity index (χ4v) is 4.22. The van der Waals surface area contributed by atoms with Gasteiger partial charge in [0.05, 0.1) is 11.3 Å². The number of fused-ring (bicyclic) bond motifs is 3. The number of hydrogen-bond donors (Lipinski definition) is 3. The fourth-order valence-electron chi connectivity index (χ4n) is 4.22. The lowest BCUT2D eigenvalue weighted by atomic mass is 9.87. The van der Waals surface area contributed by atoms with Crippen molar-refractivity contribution in [2.75, 3.05) is 0 Å². The summed E-state index contributed by atoms with van der Waals surface area (Å²) in [6.07, 6.45) is 0.608. The minimum atomic E-state index is -2.62. The number of carboxylic acid groups (broad SMARTS) is 1. The number of carbonyl (C=O) groups is 1. The highest BCUT2D eigenvalue weighted by Gasteiger charge is 2.78. The molecule has 2 aliphatic carbocycles. The molecule has 2 aromatic heterocycles. The fraction of sp³-hybridized carbons (Fsp3) is 0.333. The molecule has 3 N–H and O–H groups in total. The topological polar surface area (TPSA) is 81.8 Å². The highest BCUT2D eigenvalue weighted by Crippen LogP contribution is 2.70. The van der Waals surface area contributed by atoms with Gasteiger partial charge in [-0.15, -0.1) is 0 Å². The minimum Gasteiger partial charge on any atom is -0.478 e. The number of benzene rings is 1. The van der Waals surface area contributed by atoms with Crippen molar-refractivity contribution in [3.63, 3.8) is 0 Å². The maximum atomic E-state index is 14.1.